The van der Waals surface area contributed by atoms with Crippen molar-refractivity contribution < 1.29 is 17.6 Å². The summed E-state index contributed by atoms with van der Waals surface area (Å²) in [4.78, 5) is 12.9. The molecular weight excluding hydrogens is 295 g/mol. The lowest BCUT2D eigenvalue weighted by Gasteiger charge is -2.33. The molecule has 114 valence electrons. The van der Waals surface area contributed by atoms with E-state index in [1.54, 1.807) is 17.9 Å². The van der Waals surface area contributed by atoms with Gasteiger partial charge in [0, 0.05) is 26.2 Å². The minimum absolute atomic E-state index is 0.138. The highest BCUT2D eigenvalue weighted by Crippen LogP contribution is 2.20. The Kier molecular flexibility index (Phi) is 4.74. The summed E-state index contributed by atoms with van der Waals surface area (Å²) in [6.45, 7) is 2.68. The van der Waals surface area contributed by atoms with Crippen molar-refractivity contribution in [3.8, 4) is 0 Å². The van der Waals surface area contributed by atoms with Crippen molar-refractivity contribution in [2.45, 2.75) is 11.8 Å². The molecule has 1 amide bonds. The molecule has 5 nitrogen and oxygen atoms in total. The number of rotatable bonds is 3. The van der Waals surface area contributed by atoms with Gasteiger partial charge in [0.1, 0.15) is 10.7 Å². The summed E-state index contributed by atoms with van der Waals surface area (Å²) >= 11 is 0. The Bertz CT molecular complexity index is 650. The number of hydrogen-bond donors (Lipinski definition) is 0. The number of halogens is 1. The second-order valence-corrected chi connectivity index (χ2v) is 6.57. The SMILES string of the molecule is C/C=C/C(=O)N1CCN(S(=O)(=O)c2ccccc2F)CC1. The highest BCUT2D eigenvalue weighted by atomic mass is 32.2. The van der Waals surface area contributed by atoms with Crippen LogP contribution in [0.1, 0.15) is 6.92 Å². The number of sulfonamides is 1. The summed E-state index contributed by atoms with van der Waals surface area (Å²) < 4.78 is 39.6. The summed E-state index contributed by atoms with van der Waals surface area (Å²) in [5.74, 6) is -0.898. The fraction of sp³-hybridized carbons (Fsp3) is 0.357. The fourth-order valence-corrected chi connectivity index (χ4v) is 3.68. The largest absolute Gasteiger partial charge is 0.337 e. The van der Waals surface area contributed by atoms with E-state index in [-0.39, 0.29) is 23.9 Å². The van der Waals surface area contributed by atoms with E-state index in [0.29, 0.717) is 13.1 Å². The minimum atomic E-state index is -3.85. The van der Waals surface area contributed by atoms with Crippen molar-refractivity contribution in [3.63, 3.8) is 0 Å². The van der Waals surface area contributed by atoms with Gasteiger partial charge in [0.25, 0.3) is 0 Å². The van der Waals surface area contributed by atoms with E-state index in [0.717, 1.165) is 6.07 Å². The number of amides is 1. The molecule has 1 heterocycles. The average molecular weight is 312 g/mol. The van der Waals surface area contributed by atoms with E-state index in [4.69, 9.17) is 0 Å². The topological polar surface area (TPSA) is 57.7 Å². The van der Waals surface area contributed by atoms with E-state index in [1.807, 2.05) is 0 Å². The zero-order valence-electron chi connectivity index (χ0n) is 11.7. The third kappa shape index (κ3) is 3.30. The molecule has 1 aromatic carbocycles. The van der Waals surface area contributed by atoms with Crippen LogP contribution in [0.2, 0.25) is 0 Å². The molecule has 7 heteroatoms. The first-order valence-corrected chi connectivity index (χ1v) is 8.07. The molecule has 1 saturated heterocycles. The molecule has 0 bridgehead atoms. The van der Waals surface area contributed by atoms with Gasteiger partial charge in [-0.25, -0.2) is 12.8 Å². The molecule has 0 aliphatic carbocycles. The van der Waals surface area contributed by atoms with Gasteiger partial charge in [-0.3, -0.25) is 4.79 Å². The molecule has 1 aliphatic rings. The minimum Gasteiger partial charge on any atom is -0.337 e. The molecular formula is C14H17FN2O3S. The Morgan fingerprint density at radius 2 is 1.81 bits per heavy atom. The van der Waals surface area contributed by atoms with Crippen LogP contribution in [0.15, 0.2) is 41.3 Å². The number of piperazine rings is 1. The van der Waals surface area contributed by atoms with E-state index in [1.165, 1.54) is 28.6 Å². The van der Waals surface area contributed by atoms with Crippen LogP contribution in [0, 0.1) is 5.82 Å². The van der Waals surface area contributed by atoms with Crippen molar-refractivity contribution in [2.75, 3.05) is 26.2 Å². The quantitative estimate of drug-likeness (QED) is 0.789. The zero-order chi connectivity index (χ0) is 15.5. The number of benzene rings is 1. The van der Waals surface area contributed by atoms with Crippen molar-refractivity contribution in [3.05, 3.63) is 42.2 Å². The molecule has 1 aliphatic heterocycles. The molecule has 1 aromatic rings. The summed E-state index contributed by atoms with van der Waals surface area (Å²) in [7, 11) is -3.85. The molecule has 0 atom stereocenters. The van der Waals surface area contributed by atoms with Gasteiger partial charge in [-0.2, -0.15) is 4.31 Å². The van der Waals surface area contributed by atoms with E-state index < -0.39 is 15.8 Å². The number of nitrogens with zero attached hydrogens (tertiary/aromatic N) is 2. The normalized spacial score (nSPS) is 17.3. The van der Waals surface area contributed by atoms with E-state index in [2.05, 4.69) is 0 Å². The smallest absolute Gasteiger partial charge is 0.246 e. The lowest BCUT2D eigenvalue weighted by atomic mass is 10.3. The molecule has 0 unspecified atom stereocenters. The highest BCUT2D eigenvalue weighted by molar-refractivity contribution is 7.89. The predicted octanol–water partition coefficient (Wildman–Crippen LogP) is 1.23. The number of carbonyl (C=O) groups excluding carboxylic acids is 1. The number of carbonyl (C=O) groups is 1. The molecule has 0 aromatic heterocycles. The first-order valence-electron chi connectivity index (χ1n) is 6.63. The van der Waals surface area contributed by atoms with Crippen LogP contribution in [0.25, 0.3) is 0 Å². The van der Waals surface area contributed by atoms with Crippen molar-refractivity contribution in [1.29, 1.82) is 0 Å². The molecule has 0 N–H and O–H groups in total. The Morgan fingerprint density at radius 1 is 1.19 bits per heavy atom. The second-order valence-electron chi connectivity index (χ2n) is 4.66. The van der Waals surface area contributed by atoms with Gasteiger partial charge >= 0.3 is 0 Å². The molecule has 0 spiro atoms. The monoisotopic (exact) mass is 312 g/mol. The van der Waals surface area contributed by atoms with Crippen LogP contribution in [0.3, 0.4) is 0 Å². The molecule has 21 heavy (non-hydrogen) atoms. The van der Waals surface area contributed by atoms with E-state index >= 15 is 0 Å². The van der Waals surface area contributed by atoms with Crippen molar-refractivity contribution in [1.82, 2.24) is 9.21 Å². The first-order chi connectivity index (χ1) is 9.96. The maximum atomic E-state index is 13.7. The van der Waals surface area contributed by atoms with Crippen LogP contribution in [0.4, 0.5) is 4.39 Å². The number of hydrogen-bond acceptors (Lipinski definition) is 3. The Morgan fingerprint density at radius 3 is 2.38 bits per heavy atom. The second kappa shape index (κ2) is 6.36. The van der Waals surface area contributed by atoms with Gasteiger partial charge in [-0.1, -0.05) is 18.2 Å². The van der Waals surface area contributed by atoms with Gasteiger partial charge in [-0.15, -0.1) is 0 Å². The third-order valence-electron chi connectivity index (χ3n) is 3.31. The van der Waals surface area contributed by atoms with Crippen LogP contribution in [-0.2, 0) is 14.8 Å². The third-order valence-corrected chi connectivity index (χ3v) is 5.25. The average Bonchev–Trinajstić information content (AvgIpc) is 2.48. The standard InChI is InChI=1S/C14H17FN2O3S/c1-2-5-14(18)16-8-10-17(11-9-16)21(19,20)13-7-4-3-6-12(13)15/h2-7H,8-11H2,1H3/b5-2+. The maximum absolute atomic E-state index is 13.7. The Hall–Kier alpha value is -1.73. The first kappa shape index (κ1) is 15.7. The van der Waals surface area contributed by atoms with Gasteiger partial charge in [0.15, 0.2) is 0 Å². The Balaban J connectivity index is 2.12. The van der Waals surface area contributed by atoms with Crippen LogP contribution in [-0.4, -0.2) is 49.7 Å². The predicted molar refractivity (Wildman–Crippen MR) is 76.6 cm³/mol. The van der Waals surface area contributed by atoms with Crippen molar-refractivity contribution >= 4 is 15.9 Å². The molecule has 1 fully saturated rings. The summed E-state index contributed by atoms with van der Waals surface area (Å²) in [5.41, 5.74) is 0. The van der Waals surface area contributed by atoms with Gasteiger partial charge < -0.3 is 4.90 Å². The lowest BCUT2D eigenvalue weighted by molar-refractivity contribution is -0.127. The van der Waals surface area contributed by atoms with Crippen LogP contribution >= 0.6 is 0 Å². The van der Waals surface area contributed by atoms with Gasteiger partial charge in [0.2, 0.25) is 15.9 Å². The maximum Gasteiger partial charge on any atom is 0.246 e. The summed E-state index contributed by atoms with van der Waals surface area (Å²) in [6.07, 6.45) is 3.09. The molecule has 0 saturated carbocycles. The fourth-order valence-electron chi connectivity index (χ4n) is 2.19. The van der Waals surface area contributed by atoms with Crippen LogP contribution < -0.4 is 0 Å². The lowest BCUT2D eigenvalue weighted by Crippen LogP contribution is -2.50. The summed E-state index contributed by atoms with van der Waals surface area (Å²) in [6, 6.07) is 5.31. The van der Waals surface area contributed by atoms with E-state index in [9.17, 15) is 17.6 Å². The number of allylic oxidation sites excluding steroid dienone is 1. The van der Waals surface area contributed by atoms with Crippen LogP contribution in [0.5, 0.6) is 0 Å². The summed E-state index contributed by atoms with van der Waals surface area (Å²) in [5, 5.41) is 0. The molecule has 2 rings (SSSR count). The van der Waals surface area contributed by atoms with Gasteiger partial charge in [-0.05, 0) is 25.1 Å². The molecule has 0 radical (unpaired) electrons. The van der Waals surface area contributed by atoms with Crippen molar-refractivity contribution in [2.24, 2.45) is 0 Å². The Labute approximate surface area is 123 Å². The zero-order valence-corrected chi connectivity index (χ0v) is 12.5. The van der Waals surface area contributed by atoms with Gasteiger partial charge in [0.05, 0.1) is 0 Å². The highest BCUT2D eigenvalue weighted by Gasteiger charge is 2.31.